The normalized spacial score (nSPS) is 26.8. The minimum atomic E-state index is -0.782. The average molecular weight is 452 g/mol. The number of benzene rings is 2. The molecule has 1 saturated carbocycles. The monoisotopic (exact) mass is 451 g/mol. The van der Waals surface area contributed by atoms with Gasteiger partial charge in [-0.2, -0.15) is 0 Å². The maximum absolute atomic E-state index is 12.6. The van der Waals surface area contributed by atoms with E-state index in [1.165, 1.54) is 0 Å². The molecule has 6 nitrogen and oxygen atoms in total. The Balaban J connectivity index is 1.57. The number of carbonyl (C=O) groups excluding carboxylic acids is 1. The zero-order valence-corrected chi connectivity index (χ0v) is 19.3. The molecule has 1 aliphatic heterocycles. The molecule has 176 valence electrons. The Morgan fingerprint density at radius 2 is 1.82 bits per heavy atom. The number of carboxylic acid groups (broad SMARTS) is 1. The molecule has 0 amide bonds. The Morgan fingerprint density at radius 1 is 1.03 bits per heavy atom. The molecule has 1 unspecified atom stereocenters. The number of esters is 1. The van der Waals surface area contributed by atoms with E-state index >= 15 is 0 Å². The minimum absolute atomic E-state index is 0.0597. The minimum Gasteiger partial charge on any atom is -0.489 e. The topological polar surface area (TPSA) is 84.9 Å². The predicted octanol–water partition coefficient (Wildman–Crippen LogP) is 4.92. The van der Waals surface area contributed by atoms with Crippen molar-refractivity contribution in [1.29, 1.82) is 0 Å². The van der Waals surface area contributed by atoms with Gasteiger partial charge in [-0.1, -0.05) is 43.3 Å². The van der Waals surface area contributed by atoms with E-state index in [0.717, 1.165) is 36.8 Å². The molecule has 0 bridgehead atoms. The molecule has 0 radical (unpaired) electrons. The molecule has 5 atom stereocenters. The highest BCUT2D eigenvalue weighted by atomic mass is 16.5. The van der Waals surface area contributed by atoms with Gasteiger partial charge in [-0.25, -0.2) is 4.79 Å². The fourth-order valence-corrected chi connectivity index (χ4v) is 5.48. The van der Waals surface area contributed by atoms with Gasteiger partial charge in [0.25, 0.3) is 0 Å². The Hall–Kier alpha value is -2.86. The summed E-state index contributed by atoms with van der Waals surface area (Å²) in [6.07, 6.45) is 4.14. The lowest BCUT2D eigenvalue weighted by Crippen LogP contribution is -2.56. The Labute approximate surface area is 195 Å². The maximum Gasteiger partial charge on any atom is 0.341 e. The van der Waals surface area contributed by atoms with Gasteiger partial charge in [0.1, 0.15) is 17.4 Å². The average Bonchev–Trinajstić information content (AvgIpc) is 2.83. The van der Waals surface area contributed by atoms with Crippen molar-refractivity contribution < 1.29 is 24.2 Å². The second kappa shape index (κ2) is 10.4. The van der Waals surface area contributed by atoms with Gasteiger partial charge < -0.3 is 19.9 Å². The zero-order valence-electron chi connectivity index (χ0n) is 19.3. The molecular formula is C27H33NO5. The summed E-state index contributed by atoms with van der Waals surface area (Å²) in [5.41, 5.74) is 2.46. The second-order valence-electron chi connectivity index (χ2n) is 9.08. The highest BCUT2D eigenvalue weighted by Gasteiger charge is 2.43. The van der Waals surface area contributed by atoms with E-state index in [0.29, 0.717) is 36.2 Å². The number of hydrogen-bond acceptors (Lipinski definition) is 5. The van der Waals surface area contributed by atoms with Crippen LogP contribution in [-0.4, -0.2) is 41.8 Å². The molecule has 2 aromatic carbocycles. The van der Waals surface area contributed by atoms with Crippen LogP contribution in [-0.2, 0) is 9.53 Å². The molecule has 6 heteroatoms. The van der Waals surface area contributed by atoms with Crippen LogP contribution in [0.2, 0.25) is 0 Å². The van der Waals surface area contributed by atoms with E-state index in [9.17, 15) is 14.7 Å². The van der Waals surface area contributed by atoms with Gasteiger partial charge in [0.05, 0.1) is 12.7 Å². The summed E-state index contributed by atoms with van der Waals surface area (Å²) in [6, 6.07) is 15.3. The van der Waals surface area contributed by atoms with Gasteiger partial charge in [0, 0.05) is 6.04 Å². The van der Waals surface area contributed by atoms with Crippen LogP contribution in [0.25, 0.3) is 11.1 Å². The van der Waals surface area contributed by atoms with Crippen molar-refractivity contribution in [1.82, 2.24) is 5.32 Å². The molecule has 1 aliphatic carbocycles. The standard InChI is InChI=1S/C27H33NO5/c1-3-23-21-13-11-20(14-19(21)15-24(28-23)26(29)30)33-25-16-18(17-8-6-5-7-9-17)10-12-22(25)27(31)32-4-2/h5-10,12,16,19-21,23-24,28H,3-4,11,13-15H2,1-2H3,(H,29,30)/t19-,20+,21-,23?,24+/m1/s1. The highest BCUT2D eigenvalue weighted by molar-refractivity contribution is 5.93. The van der Waals surface area contributed by atoms with E-state index in [-0.39, 0.29) is 18.1 Å². The van der Waals surface area contributed by atoms with Crippen LogP contribution >= 0.6 is 0 Å². The summed E-state index contributed by atoms with van der Waals surface area (Å²) in [4.78, 5) is 24.3. The van der Waals surface area contributed by atoms with Gasteiger partial charge in [0.2, 0.25) is 0 Å². The fraction of sp³-hybridized carbons (Fsp3) is 0.481. The van der Waals surface area contributed by atoms with Crippen molar-refractivity contribution in [3.05, 3.63) is 54.1 Å². The van der Waals surface area contributed by atoms with Gasteiger partial charge in [-0.15, -0.1) is 0 Å². The number of nitrogens with one attached hydrogen (secondary N) is 1. The number of fused-ring (bicyclic) bond motifs is 1. The van der Waals surface area contributed by atoms with Crippen LogP contribution < -0.4 is 10.1 Å². The molecule has 1 saturated heterocycles. The fourth-order valence-electron chi connectivity index (χ4n) is 5.48. The van der Waals surface area contributed by atoms with Crippen molar-refractivity contribution in [2.24, 2.45) is 11.8 Å². The van der Waals surface area contributed by atoms with Gasteiger partial charge in [0.15, 0.2) is 0 Å². The molecule has 2 fully saturated rings. The largest absolute Gasteiger partial charge is 0.489 e. The summed E-state index contributed by atoms with van der Waals surface area (Å²) in [7, 11) is 0. The number of aliphatic carboxylic acids is 1. The van der Waals surface area contributed by atoms with Crippen LogP contribution in [0.15, 0.2) is 48.5 Å². The first-order valence-electron chi connectivity index (χ1n) is 12.0. The molecule has 4 rings (SSSR count). The Kier molecular flexibility index (Phi) is 7.33. The van der Waals surface area contributed by atoms with Crippen molar-refractivity contribution in [2.45, 2.75) is 64.1 Å². The van der Waals surface area contributed by atoms with E-state index in [1.54, 1.807) is 13.0 Å². The predicted molar refractivity (Wildman–Crippen MR) is 126 cm³/mol. The van der Waals surface area contributed by atoms with Crippen LogP contribution in [0.1, 0.15) is 56.3 Å². The van der Waals surface area contributed by atoms with Crippen LogP contribution in [0, 0.1) is 11.8 Å². The van der Waals surface area contributed by atoms with E-state index in [2.05, 4.69) is 12.2 Å². The number of rotatable bonds is 7. The lowest BCUT2D eigenvalue weighted by Gasteiger charge is -2.46. The first kappa shape index (κ1) is 23.3. The Bertz CT molecular complexity index is 976. The molecule has 2 aromatic rings. The van der Waals surface area contributed by atoms with Crippen LogP contribution in [0.3, 0.4) is 0 Å². The van der Waals surface area contributed by atoms with Crippen molar-refractivity contribution in [3.63, 3.8) is 0 Å². The van der Waals surface area contributed by atoms with Gasteiger partial charge in [-0.3, -0.25) is 4.79 Å². The van der Waals surface area contributed by atoms with E-state index in [1.807, 2.05) is 42.5 Å². The quantitative estimate of drug-likeness (QED) is 0.582. The van der Waals surface area contributed by atoms with E-state index in [4.69, 9.17) is 9.47 Å². The summed E-state index contributed by atoms with van der Waals surface area (Å²) in [5.74, 6) is 0.119. The van der Waals surface area contributed by atoms with Gasteiger partial charge >= 0.3 is 11.9 Å². The smallest absolute Gasteiger partial charge is 0.341 e. The third-order valence-electron chi connectivity index (χ3n) is 7.08. The van der Waals surface area contributed by atoms with E-state index < -0.39 is 12.0 Å². The third kappa shape index (κ3) is 5.22. The SMILES string of the molecule is CCOC(=O)c1ccc(-c2ccccc2)cc1O[C@H]1CC[C@H]2C(CC)N[C@H](C(=O)O)C[C@H]2C1. The molecule has 33 heavy (non-hydrogen) atoms. The molecule has 0 spiro atoms. The third-order valence-corrected chi connectivity index (χ3v) is 7.08. The summed E-state index contributed by atoms with van der Waals surface area (Å²) < 4.78 is 11.7. The number of carbonyl (C=O) groups is 2. The molecule has 1 heterocycles. The first-order valence-corrected chi connectivity index (χ1v) is 12.0. The van der Waals surface area contributed by atoms with Crippen LogP contribution in [0.5, 0.6) is 5.75 Å². The Morgan fingerprint density at radius 3 is 2.52 bits per heavy atom. The number of hydrogen-bond donors (Lipinski definition) is 2. The highest BCUT2D eigenvalue weighted by Crippen LogP contribution is 2.41. The zero-order chi connectivity index (χ0) is 23.4. The molecule has 2 N–H and O–H groups in total. The van der Waals surface area contributed by atoms with Crippen molar-refractivity contribution in [3.8, 4) is 16.9 Å². The number of piperidine rings is 1. The molecule has 0 aromatic heterocycles. The van der Waals surface area contributed by atoms with Crippen molar-refractivity contribution >= 4 is 11.9 Å². The number of carboxylic acids is 1. The lowest BCUT2D eigenvalue weighted by molar-refractivity contribution is -0.142. The van der Waals surface area contributed by atoms with Crippen molar-refractivity contribution in [2.75, 3.05) is 6.61 Å². The lowest BCUT2D eigenvalue weighted by atomic mass is 9.68. The summed E-state index contributed by atoms with van der Waals surface area (Å²) >= 11 is 0. The second-order valence-corrected chi connectivity index (χ2v) is 9.08. The summed E-state index contributed by atoms with van der Waals surface area (Å²) in [6.45, 7) is 4.20. The first-order chi connectivity index (χ1) is 16.0. The molecule has 2 aliphatic rings. The number of ether oxygens (including phenoxy) is 2. The summed E-state index contributed by atoms with van der Waals surface area (Å²) in [5, 5.41) is 12.9. The van der Waals surface area contributed by atoms with Gasteiger partial charge in [-0.05, 0) is 74.1 Å². The maximum atomic E-state index is 12.6. The molecular weight excluding hydrogens is 418 g/mol. The van der Waals surface area contributed by atoms with Crippen LogP contribution in [0.4, 0.5) is 0 Å².